The number of amides is 2. The Morgan fingerprint density at radius 3 is 2.23 bits per heavy atom. The fraction of sp³-hybridized carbons (Fsp3) is 0.290. The van der Waals surface area contributed by atoms with Crippen molar-refractivity contribution in [2.45, 2.75) is 25.2 Å². The van der Waals surface area contributed by atoms with Gasteiger partial charge in [0.25, 0.3) is 11.8 Å². The molecule has 0 heterocycles. The van der Waals surface area contributed by atoms with Gasteiger partial charge >= 0.3 is 0 Å². The normalized spacial score (nSPS) is 12.7. The molecule has 0 bridgehead atoms. The standard InChI is InChI=1S/C31H35N3O4.ClH/c1-34(2)27-13-5-22(6-14-27)17-20-38-28-15-11-26(12-16-28)30(36)33-29(31(37)32-18-19-35)21-23-3-7-24(8-4-23)25-9-10-25;/h3-8,11-16,21,25,35H,9-10,17-20H2,1-2H3,(H,32,37)(H,33,36);1H. The van der Waals surface area contributed by atoms with E-state index in [-0.39, 0.29) is 31.3 Å². The number of ether oxygens (including phenoxy) is 1. The SMILES string of the molecule is CN(C)c1ccc(CCOc2ccc(C(=O)NC(=Cc3ccc(C4CC4)cc3)C(=O)NCCO)cc2)cc1.Cl. The zero-order valence-electron chi connectivity index (χ0n) is 22.4. The predicted octanol–water partition coefficient (Wildman–Crippen LogP) is 4.55. The molecule has 1 aliphatic carbocycles. The molecule has 3 aromatic carbocycles. The summed E-state index contributed by atoms with van der Waals surface area (Å²) in [7, 11) is 4.02. The van der Waals surface area contributed by atoms with E-state index in [0.717, 1.165) is 17.7 Å². The molecule has 0 unspecified atom stereocenters. The van der Waals surface area contributed by atoms with E-state index in [9.17, 15) is 9.59 Å². The summed E-state index contributed by atoms with van der Waals surface area (Å²) >= 11 is 0. The van der Waals surface area contributed by atoms with Crippen molar-refractivity contribution in [2.75, 3.05) is 38.8 Å². The largest absolute Gasteiger partial charge is 0.493 e. The van der Waals surface area contributed by atoms with Crippen LogP contribution in [0.4, 0.5) is 5.69 Å². The van der Waals surface area contributed by atoms with Crippen LogP contribution in [0.2, 0.25) is 0 Å². The van der Waals surface area contributed by atoms with Crippen molar-refractivity contribution < 1.29 is 19.4 Å². The predicted molar refractivity (Wildman–Crippen MR) is 158 cm³/mol. The average Bonchev–Trinajstić information content (AvgIpc) is 3.78. The van der Waals surface area contributed by atoms with Crippen LogP contribution in [0.3, 0.4) is 0 Å². The molecule has 1 fully saturated rings. The fourth-order valence-electron chi connectivity index (χ4n) is 4.02. The van der Waals surface area contributed by atoms with E-state index in [4.69, 9.17) is 9.84 Å². The Hall–Kier alpha value is -3.81. The highest BCUT2D eigenvalue weighted by Gasteiger charge is 2.23. The lowest BCUT2D eigenvalue weighted by molar-refractivity contribution is -0.117. The number of aliphatic hydroxyl groups excluding tert-OH is 1. The lowest BCUT2D eigenvalue weighted by Gasteiger charge is -2.13. The van der Waals surface area contributed by atoms with Crippen LogP contribution < -0.4 is 20.3 Å². The van der Waals surface area contributed by atoms with Gasteiger partial charge in [0, 0.05) is 38.3 Å². The number of aliphatic hydroxyl groups is 1. The van der Waals surface area contributed by atoms with Crippen LogP contribution in [0, 0.1) is 0 Å². The Balaban J connectivity index is 0.00000420. The van der Waals surface area contributed by atoms with Gasteiger partial charge in [0.2, 0.25) is 0 Å². The van der Waals surface area contributed by atoms with Crippen molar-refractivity contribution >= 4 is 36.0 Å². The number of anilines is 1. The van der Waals surface area contributed by atoms with Crippen molar-refractivity contribution in [3.8, 4) is 5.75 Å². The average molecular weight is 550 g/mol. The molecule has 1 saturated carbocycles. The lowest BCUT2D eigenvalue weighted by Crippen LogP contribution is -2.36. The second-order valence-corrected chi connectivity index (χ2v) is 9.62. The third-order valence-corrected chi connectivity index (χ3v) is 6.42. The molecular weight excluding hydrogens is 514 g/mol. The van der Waals surface area contributed by atoms with Gasteiger partial charge in [-0.15, -0.1) is 12.4 Å². The van der Waals surface area contributed by atoms with Crippen molar-refractivity contribution in [1.82, 2.24) is 10.6 Å². The molecule has 8 heteroatoms. The van der Waals surface area contributed by atoms with Crippen LogP contribution in [0.5, 0.6) is 5.75 Å². The van der Waals surface area contributed by atoms with Crippen molar-refractivity contribution in [2.24, 2.45) is 0 Å². The monoisotopic (exact) mass is 549 g/mol. The summed E-state index contributed by atoms with van der Waals surface area (Å²) in [5.74, 6) is 0.440. The number of nitrogens with zero attached hydrogens (tertiary/aromatic N) is 1. The molecule has 0 atom stereocenters. The Labute approximate surface area is 236 Å². The molecule has 206 valence electrons. The van der Waals surface area contributed by atoms with Crippen LogP contribution in [0.15, 0.2) is 78.5 Å². The summed E-state index contributed by atoms with van der Waals surface area (Å²) in [4.78, 5) is 27.7. The first kappa shape index (κ1) is 29.7. The molecule has 0 aromatic heterocycles. The number of hydrogen-bond acceptors (Lipinski definition) is 5. The molecule has 39 heavy (non-hydrogen) atoms. The summed E-state index contributed by atoms with van der Waals surface area (Å²) in [6.45, 7) is 0.425. The molecule has 0 radical (unpaired) electrons. The fourth-order valence-corrected chi connectivity index (χ4v) is 4.02. The third-order valence-electron chi connectivity index (χ3n) is 6.42. The van der Waals surface area contributed by atoms with Crippen LogP contribution in [-0.2, 0) is 11.2 Å². The Bertz CT molecular complexity index is 1250. The molecule has 0 saturated heterocycles. The third kappa shape index (κ3) is 8.87. The molecule has 1 aliphatic rings. The zero-order chi connectivity index (χ0) is 26.9. The van der Waals surface area contributed by atoms with Gasteiger partial charge in [-0.05, 0) is 77.9 Å². The van der Waals surface area contributed by atoms with Crippen molar-refractivity contribution in [3.63, 3.8) is 0 Å². The second-order valence-electron chi connectivity index (χ2n) is 9.62. The van der Waals surface area contributed by atoms with Crippen molar-refractivity contribution in [3.05, 3.63) is 101 Å². The van der Waals surface area contributed by atoms with Crippen LogP contribution in [-0.4, -0.2) is 50.8 Å². The van der Waals surface area contributed by atoms with Crippen LogP contribution >= 0.6 is 12.4 Å². The Kier molecular flexibility index (Phi) is 11.0. The Morgan fingerprint density at radius 1 is 0.974 bits per heavy atom. The molecule has 4 rings (SSSR count). The van der Waals surface area contributed by atoms with E-state index >= 15 is 0 Å². The molecule has 3 N–H and O–H groups in total. The number of hydrogen-bond donors (Lipinski definition) is 3. The minimum absolute atomic E-state index is 0. The zero-order valence-corrected chi connectivity index (χ0v) is 23.2. The van der Waals surface area contributed by atoms with E-state index in [1.54, 1.807) is 30.3 Å². The van der Waals surface area contributed by atoms with Gasteiger partial charge in [0.1, 0.15) is 11.4 Å². The molecule has 3 aromatic rings. The maximum Gasteiger partial charge on any atom is 0.267 e. The van der Waals surface area contributed by atoms with Gasteiger partial charge < -0.3 is 25.4 Å². The molecule has 2 amide bonds. The van der Waals surface area contributed by atoms with Gasteiger partial charge in [0.05, 0.1) is 13.2 Å². The van der Waals surface area contributed by atoms with Gasteiger partial charge in [-0.2, -0.15) is 0 Å². The first-order chi connectivity index (χ1) is 18.4. The maximum atomic E-state index is 12.9. The van der Waals surface area contributed by atoms with E-state index in [1.807, 2.05) is 26.2 Å². The van der Waals surface area contributed by atoms with Crippen LogP contribution in [0.1, 0.15) is 45.8 Å². The van der Waals surface area contributed by atoms with Gasteiger partial charge in [-0.1, -0.05) is 36.4 Å². The van der Waals surface area contributed by atoms with Gasteiger partial charge in [0.15, 0.2) is 0 Å². The summed E-state index contributed by atoms with van der Waals surface area (Å²) in [6.07, 6.45) is 4.85. The lowest BCUT2D eigenvalue weighted by atomic mass is 10.1. The van der Waals surface area contributed by atoms with E-state index in [2.05, 4.69) is 51.9 Å². The summed E-state index contributed by atoms with van der Waals surface area (Å²) < 4.78 is 5.85. The second kappa shape index (κ2) is 14.4. The number of nitrogens with one attached hydrogen (secondary N) is 2. The number of halogens is 1. The summed E-state index contributed by atoms with van der Waals surface area (Å²) in [5, 5.41) is 14.4. The molecule has 7 nitrogen and oxygen atoms in total. The number of rotatable bonds is 12. The van der Waals surface area contributed by atoms with Crippen molar-refractivity contribution in [1.29, 1.82) is 0 Å². The van der Waals surface area contributed by atoms with Crippen LogP contribution in [0.25, 0.3) is 6.08 Å². The van der Waals surface area contributed by atoms with Gasteiger partial charge in [-0.25, -0.2) is 0 Å². The van der Waals surface area contributed by atoms with E-state index in [1.165, 1.54) is 24.0 Å². The van der Waals surface area contributed by atoms with Gasteiger partial charge in [-0.3, -0.25) is 9.59 Å². The molecular formula is C31H36ClN3O4. The smallest absolute Gasteiger partial charge is 0.267 e. The highest BCUT2D eigenvalue weighted by molar-refractivity contribution is 6.05. The maximum absolute atomic E-state index is 12.9. The highest BCUT2D eigenvalue weighted by atomic mass is 35.5. The quantitative estimate of drug-likeness (QED) is 0.288. The number of carbonyl (C=O) groups is 2. The summed E-state index contributed by atoms with van der Waals surface area (Å²) in [5.41, 5.74) is 4.96. The Morgan fingerprint density at radius 2 is 1.64 bits per heavy atom. The minimum atomic E-state index is -0.461. The highest BCUT2D eigenvalue weighted by Crippen LogP contribution is 2.39. The summed E-state index contributed by atoms with van der Waals surface area (Å²) in [6, 6.07) is 23.2. The first-order valence-electron chi connectivity index (χ1n) is 12.9. The first-order valence-corrected chi connectivity index (χ1v) is 12.9. The molecule has 0 spiro atoms. The van der Waals surface area contributed by atoms with E-state index in [0.29, 0.717) is 23.8 Å². The number of benzene rings is 3. The minimum Gasteiger partial charge on any atom is -0.493 e. The number of carbonyl (C=O) groups excluding carboxylic acids is 2. The molecule has 0 aliphatic heterocycles. The van der Waals surface area contributed by atoms with E-state index < -0.39 is 11.8 Å². The topological polar surface area (TPSA) is 90.9 Å².